The smallest absolute Gasteiger partial charge is 0.259 e. The SMILES string of the molecule is Cc1nn(C(C)C)cc1C(=O)Nc1cccc2c1OCO2. The molecule has 0 saturated heterocycles. The number of benzene rings is 1. The van der Waals surface area contributed by atoms with Gasteiger partial charge < -0.3 is 14.8 Å². The van der Waals surface area contributed by atoms with E-state index in [9.17, 15) is 4.79 Å². The number of fused-ring (bicyclic) bond motifs is 1. The van der Waals surface area contributed by atoms with Gasteiger partial charge in [0.25, 0.3) is 5.91 Å². The van der Waals surface area contributed by atoms with Crippen molar-refractivity contribution in [1.29, 1.82) is 0 Å². The molecule has 0 aliphatic carbocycles. The highest BCUT2D eigenvalue weighted by atomic mass is 16.7. The van der Waals surface area contributed by atoms with Crippen LogP contribution in [0.5, 0.6) is 11.5 Å². The second-order valence-corrected chi connectivity index (χ2v) is 5.20. The zero-order chi connectivity index (χ0) is 15.0. The molecule has 21 heavy (non-hydrogen) atoms. The Balaban J connectivity index is 1.86. The standard InChI is InChI=1S/C15H17N3O3/c1-9(2)18-7-11(10(3)17-18)15(19)16-12-5-4-6-13-14(12)21-8-20-13/h4-7,9H,8H2,1-3H3,(H,16,19). The van der Waals surface area contributed by atoms with Crippen LogP contribution in [0.2, 0.25) is 0 Å². The molecule has 0 radical (unpaired) electrons. The number of amides is 1. The molecule has 0 saturated carbocycles. The molecule has 6 heteroatoms. The number of hydrogen-bond donors (Lipinski definition) is 1. The highest BCUT2D eigenvalue weighted by Crippen LogP contribution is 2.39. The number of aryl methyl sites for hydroxylation is 1. The highest BCUT2D eigenvalue weighted by Gasteiger charge is 2.21. The van der Waals surface area contributed by atoms with Crippen LogP contribution < -0.4 is 14.8 Å². The van der Waals surface area contributed by atoms with Gasteiger partial charge in [-0.1, -0.05) is 6.07 Å². The number of carbonyl (C=O) groups excluding carboxylic acids is 1. The monoisotopic (exact) mass is 287 g/mol. The molecule has 1 aliphatic heterocycles. The summed E-state index contributed by atoms with van der Waals surface area (Å²) in [7, 11) is 0. The molecular weight excluding hydrogens is 270 g/mol. The summed E-state index contributed by atoms with van der Waals surface area (Å²) in [4.78, 5) is 12.4. The molecule has 1 aliphatic rings. The zero-order valence-electron chi connectivity index (χ0n) is 12.2. The summed E-state index contributed by atoms with van der Waals surface area (Å²) in [6.45, 7) is 6.03. The summed E-state index contributed by atoms with van der Waals surface area (Å²) in [5.41, 5.74) is 1.86. The minimum atomic E-state index is -0.205. The summed E-state index contributed by atoms with van der Waals surface area (Å²) >= 11 is 0. The number of hydrogen-bond acceptors (Lipinski definition) is 4. The maximum absolute atomic E-state index is 12.4. The van der Waals surface area contributed by atoms with Gasteiger partial charge in [-0.2, -0.15) is 5.10 Å². The molecule has 6 nitrogen and oxygen atoms in total. The Kier molecular flexibility index (Phi) is 3.29. The van der Waals surface area contributed by atoms with Crippen molar-refractivity contribution >= 4 is 11.6 Å². The van der Waals surface area contributed by atoms with Crippen LogP contribution in [0.1, 0.15) is 35.9 Å². The normalized spacial score (nSPS) is 12.8. The molecular formula is C15H17N3O3. The minimum absolute atomic E-state index is 0.173. The summed E-state index contributed by atoms with van der Waals surface area (Å²) in [6, 6.07) is 5.62. The van der Waals surface area contributed by atoms with Gasteiger partial charge in [-0.05, 0) is 32.9 Å². The number of carbonyl (C=O) groups is 1. The Morgan fingerprint density at radius 2 is 2.19 bits per heavy atom. The van der Waals surface area contributed by atoms with Gasteiger partial charge in [-0.15, -0.1) is 0 Å². The Labute approximate surface area is 122 Å². The zero-order valence-corrected chi connectivity index (χ0v) is 12.2. The second-order valence-electron chi connectivity index (χ2n) is 5.20. The first-order chi connectivity index (χ1) is 10.1. The van der Waals surface area contributed by atoms with E-state index in [4.69, 9.17) is 9.47 Å². The van der Waals surface area contributed by atoms with Crippen molar-refractivity contribution in [3.8, 4) is 11.5 Å². The van der Waals surface area contributed by atoms with Crippen molar-refractivity contribution in [2.24, 2.45) is 0 Å². The summed E-state index contributed by atoms with van der Waals surface area (Å²) in [5, 5.41) is 7.20. The fourth-order valence-corrected chi connectivity index (χ4v) is 2.19. The topological polar surface area (TPSA) is 65.4 Å². The first-order valence-electron chi connectivity index (χ1n) is 6.82. The van der Waals surface area contributed by atoms with Gasteiger partial charge in [-0.25, -0.2) is 0 Å². The number of anilines is 1. The van der Waals surface area contributed by atoms with Crippen molar-refractivity contribution in [2.75, 3.05) is 12.1 Å². The Morgan fingerprint density at radius 1 is 1.38 bits per heavy atom. The first-order valence-corrected chi connectivity index (χ1v) is 6.82. The lowest BCUT2D eigenvalue weighted by Crippen LogP contribution is -2.13. The highest BCUT2D eigenvalue weighted by molar-refractivity contribution is 6.05. The number of rotatable bonds is 3. The van der Waals surface area contributed by atoms with Crippen LogP contribution in [-0.4, -0.2) is 22.5 Å². The van der Waals surface area contributed by atoms with Crippen LogP contribution in [0.4, 0.5) is 5.69 Å². The molecule has 110 valence electrons. The van der Waals surface area contributed by atoms with Crippen LogP contribution in [0.3, 0.4) is 0 Å². The molecule has 1 N–H and O–H groups in total. The molecule has 1 aromatic carbocycles. The van der Waals surface area contributed by atoms with Gasteiger partial charge in [0.15, 0.2) is 11.5 Å². The average Bonchev–Trinajstić information content (AvgIpc) is 3.05. The number of aromatic nitrogens is 2. The molecule has 2 heterocycles. The van der Waals surface area contributed by atoms with Crippen molar-refractivity contribution in [2.45, 2.75) is 26.8 Å². The van der Waals surface area contributed by atoms with Gasteiger partial charge >= 0.3 is 0 Å². The van der Waals surface area contributed by atoms with Crippen LogP contribution in [0, 0.1) is 6.92 Å². The third kappa shape index (κ3) is 2.44. The maximum Gasteiger partial charge on any atom is 0.259 e. The third-order valence-corrected chi connectivity index (χ3v) is 3.34. The summed E-state index contributed by atoms with van der Waals surface area (Å²) in [5.74, 6) is 1.01. The molecule has 2 aromatic rings. The average molecular weight is 287 g/mol. The lowest BCUT2D eigenvalue weighted by molar-refractivity contribution is 0.102. The summed E-state index contributed by atoms with van der Waals surface area (Å²) < 4.78 is 12.5. The van der Waals surface area contributed by atoms with Crippen LogP contribution >= 0.6 is 0 Å². The van der Waals surface area contributed by atoms with E-state index in [1.54, 1.807) is 23.0 Å². The molecule has 3 rings (SSSR count). The molecule has 1 aromatic heterocycles. The van der Waals surface area contributed by atoms with Gasteiger partial charge in [0, 0.05) is 12.2 Å². The number of ether oxygens (including phenoxy) is 2. The van der Waals surface area contributed by atoms with Crippen molar-refractivity contribution in [3.63, 3.8) is 0 Å². The number of nitrogens with one attached hydrogen (secondary N) is 1. The third-order valence-electron chi connectivity index (χ3n) is 3.34. The number of nitrogens with zero attached hydrogens (tertiary/aromatic N) is 2. The lowest BCUT2D eigenvalue weighted by atomic mass is 10.2. The van der Waals surface area contributed by atoms with Crippen LogP contribution in [0.25, 0.3) is 0 Å². The molecule has 0 unspecified atom stereocenters. The van der Waals surface area contributed by atoms with Gasteiger partial charge in [0.2, 0.25) is 6.79 Å². The fraction of sp³-hybridized carbons (Fsp3) is 0.333. The molecule has 0 atom stereocenters. The second kappa shape index (κ2) is 5.12. The Morgan fingerprint density at radius 3 is 2.90 bits per heavy atom. The molecule has 0 spiro atoms. The first kappa shape index (κ1) is 13.5. The van der Waals surface area contributed by atoms with Gasteiger partial charge in [0.05, 0.1) is 16.9 Å². The van der Waals surface area contributed by atoms with Crippen LogP contribution in [-0.2, 0) is 0 Å². The van der Waals surface area contributed by atoms with Gasteiger partial charge in [0.1, 0.15) is 0 Å². The largest absolute Gasteiger partial charge is 0.454 e. The van der Waals surface area contributed by atoms with Crippen LogP contribution in [0.15, 0.2) is 24.4 Å². The van der Waals surface area contributed by atoms with E-state index in [1.165, 1.54) is 0 Å². The lowest BCUT2D eigenvalue weighted by Gasteiger charge is -2.07. The van der Waals surface area contributed by atoms with Crippen molar-refractivity contribution in [3.05, 3.63) is 35.7 Å². The van der Waals surface area contributed by atoms with Crippen molar-refractivity contribution in [1.82, 2.24) is 9.78 Å². The van der Waals surface area contributed by atoms with E-state index in [-0.39, 0.29) is 18.7 Å². The Bertz CT molecular complexity index is 691. The Hall–Kier alpha value is -2.50. The van der Waals surface area contributed by atoms with E-state index in [0.717, 1.165) is 0 Å². The fourth-order valence-electron chi connectivity index (χ4n) is 2.19. The van der Waals surface area contributed by atoms with E-state index >= 15 is 0 Å². The predicted molar refractivity (Wildman–Crippen MR) is 77.9 cm³/mol. The maximum atomic E-state index is 12.4. The van der Waals surface area contributed by atoms with E-state index in [2.05, 4.69) is 10.4 Å². The molecule has 0 bridgehead atoms. The predicted octanol–water partition coefficient (Wildman–Crippen LogP) is 2.75. The van der Waals surface area contributed by atoms with Crippen molar-refractivity contribution < 1.29 is 14.3 Å². The minimum Gasteiger partial charge on any atom is -0.454 e. The number of para-hydroxylation sites is 1. The van der Waals surface area contributed by atoms with E-state index in [1.807, 2.05) is 26.8 Å². The van der Waals surface area contributed by atoms with E-state index in [0.29, 0.717) is 28.4 Å². The molecule has 0 fully saturated rings. The summed E-state index contributed by atoms with van der Waals surface area (Å²) in [6.07, 6.45) is 1.76. The van der Waals surface area contributed by atoms with Gasteiger partial charge in [-0.3, -0.25) is 9.48 Å². The molecule has 1 amide bonds. The van der Waals surface area contributed by atoms with E-state index < -0.39 is 0 Å². The quantitative estimate of drug-likeness (QED) is 0.942.